The molecule has 1 aliphatic carbocycles. The number of hydrogen-bond acceptors (Lipinski definition) is 2. The molecule has 0 spiro atoms. The molecule has 0 radical (unpaired) electrons. The molecule has 0 aromatic carbocycles. The lowest BCUT2D eigenvalue weighted by Gasteiger charge is -2.22. The van der Waals surface area contributed by atoms with Crippen LogP contribution in [0.3, 0.4) is 0 Å². The van der Waals surface area contributed by atoms with Gasteiger partial charge < -0.3 is 11.1 Å². The van der Waals surface area contributed by atoms with Crippen LogP contribution in [0.1, 0.15) is 51.9 Å². The van der Waals surface area contributed by atoms with Crippen LogP contribution in [0.5, 0.6) is 0 Å². The number of thiocarbonyl (C=S) groups is 1. The van der Waals surface area contributed by atoms with Crippen LogP contribution in [-0.4, -0.2) is 17.4 Å². The van der Waals surface area contributed by atoms with Crippen LogP contribution in [0.25, 0.3) is 0 Å². The minimum atomic E-state index is -0.108. The highest BCUT2D eigenvalue weighted by Crippen LogP contribution is 2.37. The van der Waals surface area contributed by atoms with E-state index in [1.165, 1.54) is 12.8 Å². The molecule has 1 aliphatic rings. The third kappa shape index (κ3) is 4.08. The Balaban J connectivity index is 2.13. The van der Waals surface area contributed by atoms with Crippen molar-refractivity contribution in [2.45, 2.75) is 51.9 Å². The van der Waals surface area contributed by atoms with Gasteiger partial charge in [-0.25, -0.2) is 0 Å². The number of rotatable bonds is 6. The van der Waals surface area contributed by atoms with Gasteiger partial charge in [0.1, 0.15) is 0 Å². The molecule has 0 atom stereocenters. The Kier molecular flexibility index (Phi) is 5.19. The SMILES string of the molecule is CC1(C(=O)NCCCCC(N)=S)CCCC1. The standard InChI is InChI=1S/C12H22N2OS/c1-12(7-3-4-8-12)11(15)14-9-5-2-6-10(13)16/h2-9H2,1H3,(H2,13,16)(H,14,15). The van der Waals surface area contributed by atoms with Gasteiger partial charge in [0.15, 0.2) is 0 Å². The highest BCUT2D eigenvalue weighted by atomic mass is 32.1. The van der Waals surface area contributed by atoms with Crippen molar-refractivity contribution < 1.29 is 4.79 Å². The van der Waals surface area contributed by atoms with E-state index in [2.05, 4.69) is 12.2 Å². The molecule has 1 amide bonds. The lowest BCUT2D eigenvalue weighted by Crippen LogP contribution is -2.37. The van der Waals surface area contributed by atoms with Gasteiger partial charge in [0, 0.05) is 12.0 Å². The summed E-state index contributed by atoms with van der Waals surface area (Å²) in [7, 11) is 0. The number of carbonyl (C=O) groups excluding carboxylic acids is 1. The molecular formula is C12H22N2OS. The zero-order chi connectivity index (χ0) is 12.0. The first-order valence-corrected chi connectivity index (χ1v) is 6.52. The van der Waals surface area contributed by atoms with Crippen LogP contribution < -0.4 is 11.1 Å². The molecule has 0 saturated heterocycles. The summed E-state index contributed by atoms with van der Waals surface area (Å²) in [6.07, 6.45) is 7.14. The highest BCUT2D eigenvalue weighted by molar-refractivity contribution is 7.80. The Morgan fingerprint density at radius 2 is 2.00 bits per heavy atom. The summed E-state index contributed by atoms with van der Waals surface area (Å²) >= 11 is 4.79. The number of hydrogen-bond donors (Lipinski definition) is 2. The van der Waals surface area contributed by atoms with E-state index in [1.54, 1.807) is 0 Å². The normalized spacial score (nSPS) is 18.3. The Bertz CT molecular complexity index is 260. The number of nitrogens with one attached hydrogen (secondary N) is 1. The van der Waals surface area contributed by atoms with Crippen molar-refractivity contribution in [2.24, 2.45) is 11.1 Å². The van der Waals surface area contributed by atoms with Gasteiger partial charge >= 0.3 is 0 Å². The van der Waals surface area contributed by atoms with E-state index in [9.17, 15) is 4.79 Å². The highest BCUT2D eigenvalue weighted by Gasteiger charge is 2.35. The fraction of sp³-hybridized carbons (Fsp3) is 0.833. The number of nitrogens with two attached hydrogens (primary N) is 1. The van der Waals surface area contributed by atoms with Gasteiger partial charge in [0.05, 0.1) is 4.99 Å². The molecule has 1 saturated carbocycles. The van der Waals surface area contributed by atoms with Crippen molar-refractivity contribution >= 4 is 23.1 Å². The van der Waals surface area contributed by atoms with Crippen molar-refractivity contribution in [3.05, 3.63) is 0 Å². The third-order valence-corrected chi connectivity index (χ3v) is 3.59. The summed E-state index contributed by atoms with van der Waals surface area (Å²) in [6, 6.07) is 0. The van der Waals surface area contributed by atoms with Crippen molar-refractivity contribution in [1.82, 2.24) is 5.32 Å². The minimum Gasteiger partial charge on any atom is -0.393 e. The molecule has 0 aliphatic heterocycles. The minimum absolute atomic E-state index is 0.108. The van der Waals surface area contributed by atoms with E-state index in [4.69, 9.17) is 18.0 Å². The Hall–Kier alpha value is -0.640. The number of carbonyl (C=O) groups is 1. The van der Waals surface area contributed by atoms with E-state index >= 15 is 0 Å². The van der Waals surface area contributed by atoms with Gasteiger partial charge in [-0.2, -0.15) is 0 Å². The maximum Gasteiger partial charge on any atom is 0.225 e. The van der Waals surface area contributed by atoms with Gasteiger partial charge in [-0.3, -0.25) is 4.79 Å². The molecule has 0 bridgehead atoms. The maximum absolute atomic E-state index is 11.9. The number of unbranched alkanes of at least 4 members (excludes halogenated alkanes) is 1. The predicted molar refractivity (Wildman–Crippen MR) is 70.2 cm³/mol. The van der Waals surface area contributed by atoms with E-state index in [0.717, 1.165) is 38.6 Å². The summed E-state index contributed by atoms with van der Waals surface area (Å²) in [6.45, 7) is 2.82. The summed E-state index contributed by atoms with van der Waals surface area (Å²) in [5.74, 6) is 0.223. The largest absolute Gasteiger partial charge is 0.393 e. The lowest BCUT2D eigenvalue weighted by molar-refractivity contribution is -0.129. The van der Waals surface area contributed by atoms with Gasteiger partial charge in [-0.05, 0) is 32.1 Å². The van der Waals surface area contributed by atoms with Crippen LogP contribution >= 0.6 is 12.2 Å². The van der Waals surface area contributed by atoms with Crippen LogP contribution in [-0.2, 0) is 4.79 Å². The summed E-state index contributed by atoms with van der Waals surface area (Å²) in [4.78, 5) is 12.5. The Labute approximate surface area is 103 Å². The zero-order valence-corrected chi connectivity index (χ0v) is 10.9. The molecule has 3 N–H and O–H groups in total. The fourth-order valence-electron chi connectivity index (χ4n) is 2.22. The quantitative estimate of drug-likeness (QED) is 0.554. The van der Waals surface area contributed by atoms with E-state index in [0.29, 0.717) is 4.99 Å². The first kappa shape index (κ1) is 13.4. The van der Waals surface area contributed by atoms with E-state index in [1.807, 2.05) is 0 Å². The molecule has 0 unspecified atom stereocenters. The van der Waals surface area contributed by atoms with Crippen molar-refractivity contribution in [1.29, 1.82) is 0 Å². The average molecular weight is 242 g/mol. The molecule has 16 heavy (non-hydrogen) atoms. The molecular weight excluding hydrogens is 220 g/mol. The topological polar surface area (TPSA) is 55.1 Å². The summed E-state index contributed by atoms with van der Waals surface area (Å²) in [5.41, 5.74) is 5.29. The molecule has 1 rings (SSSR count). The zero-order valence-electron chi connectivity index (χ0n) is 10.1. The second kappa shape index (κ2) is 6.18. The Morgan fingerprint density at radius 3 is 2.56 bits per heavy atom. The van der Waals surface area contributed by atoms with Crippen molar-refractivity contribution in [2.75, 3.05) is 6.54 Å². The van der Waals surface area contributed by atoms with Crippen LogP contribution in [0.15, 0.2) is 0 Å². The smallest absolute Gasteiger partial charge is 0.225 e. The molecule has 1 fully saturated rings. The predicted octanol–water partition coefficient (Wildman–Crippen LogP) is 2.14. The number of amides is 1. The summed E-state index contributed by atoms with van der Waals surface area (Å²) < 4.78 is 0. The lowest BCUT2D eigenvalue weighted by atomic mass is 9.88. The van der Waals surface area contributed by atoms with Crippen LogP contribution in [0.4, 0.5) is 0 Å². The molecule has 3 nitrogen and oxygen atoms in total. The second-order valence-electron chi connectivity index (χ2n) is 4.95. The first-order chi connectivity index (χ1) is 7.54. The fourth-order valence-corrected chi connectivity index (χ4v) is 2.37. The van der Waals surface area contributed by atoms with Crippen LogP contribution in [0, 0.1) is 5.41 Å². The van der Waals surface area contributed by atoms with E-state index in [-0.39, 0.29) is 11.3 Å². The monoisotopic (exact) mass is 242 g/mol. The van der Waals surface area contributed by atoms with Gasteiger partial charge in [-0.15, -0.1) is 0 Å². The maximum atomic E-state index is 11.9. The summed E-state index contributed by atoms with van der Waals surface area (Å²) in [5, 5.41) is 3.02. The van der Waals surface area contributed by atoms with E-state index < -0.39 is 0 Å². The molecule has 92 valence electrons. The van der Waals surface area contributed by atoms with Gasteiger partial charge in [0.2, 0.25) is 5.91 Å². The first-order valence-electron chi connectivity index (χ1n) is 6.11. The molecule has 0 aromatic rings. The van der Waals surface area contributed by atoms with Gasteiger partial charge in [-0.1, -0.05) is 32.0 Å². The molecule has 0 aromatic heterocycles. The van der Waals surface area contributed by atoms with Gasteiger partial charge in [0.25, 0.3) is 0 Å². The van der Waals surface area contributed by atoms with Crippen molar-refractivity contribution in [3.63, 3.8) is 0 Å². The third-order valence-electron chi connectivity index (χ3n) is 3.39. The second-order valence-corrected chi connectivity index (χ2v) is 5.47. The molecule has 0 heterocycles. The Morgan fingerprint density at radius 1 is 1.38 bits per heavy atom. The molecule has 4 heteroatoms. The van der Waals surface area contributed by atoms with Crippen molar-refractivity contribution in [3.8, 4) is 0 Å². The van der Waals surface area contributed by atoms with Crippen LogP contribution in [0.2, 0.25) is 0 Å². The average Bonchev–Trinajstić information content (AvgIpc) is 2.65.